The van der Waals surface area contributed by atoms with Crippen molar-refractivity contribution in [2.24, 2.45) is 0 Å². The molecule has 8 nitrogen and oxygen atoms in total. The summed E-state index contributed by atoms with van der Waals surface area (Å²) in [6, 6.07) is 7.19. The first-order chi connectivity index (χ1) is 12.7. The van der Waals surface area contributed by atoms with E-state index in [1.54, 1.807) is 42.5 Å². The van der Waals surface area contributed by atoms with Crippen LogP contribution < -0.4 is 0 Å². The first kappa shape index (κ1) is 20.4. The number of carbonyl (C=O) groups excluding carboxylic acids is 2. The van der Waals surface area contributed by atoms with Crippen LogP contribution in [0.1, 0.15) is 38.1 Å². The molecule has 0 aliphatic carbocycles. The van der Waals surface area contributed by atoms with E-state index in [1.807, 2.05) is 33.8 Å². The number of hydrogen-bond acceptors (Lipinski definition) is 5. The standard InChI is InChI=1S/C19H27N5O3/c1-6-23(14-13-22(5)18(26)27-19(2,3)4)17(25)15-9-7-8-10-16(15)24-20-11-12-21-24/h7-12H,6,13-14H2,1-5H3. The molecule has 0 atom stereocenters. The Hall–Kier alpha value is -2.90. The van der Waals surface area contributed by atoms with Gasteiger partial charge in [0.2, 0.25) is 0 Å². The van der Waals surface area contributed by atoms with Crippen molar-refractivity contribution in [2.45, 2.75) is 33.3 Å². The van der Waals surface area contributed by atoms with Gasteiger partial charge in [-0.2, -0.15) is 15.0 Å². The third-order valence-electron chi connectivity index (χ3n) is 3.85. The van der Waals surface area contributed by atoms with Crippen LogP contribution in [0.25, 0.3) is 5.69 Å². The van der Waals surface area contributed by atoms with Gasteiger partial charge in [-0.05, 0) is 39.8 Å². The third kappa shape index (κ3) is 5.54. The number of amides is 2. The van der Waals surface area contributed by atoms with Crippen molar-refractivity contribution in [3.63, 3.8) is 0 Å². The van der Waals surface area contributed by atoms with Crippen LogP contribution in [0.4, 0.5) is 4.79 Å². The minimum Gasteiger partial charge on any atom is -0.444 e. The smallest absolute Gasteiger partial charge is 0.410 e. The zero-order chi connectivity index (χ0) is 20.0. The van der Waals surface area contributed by atoms with Crippen molar-refractivity contribution in [3.05, 3.63) is 42.2 Å². The molecule has 0 unspecified atom stereocenters. The van der Waals surface area contributed by atoms with Crippen molar-refractivity contribution in [2.75, 3.05) is 26.7 Å². The first-order valence-electron chi connectivity index (χ1n) is 8.92. The zero-order valence-electron chi connectivity index (χ0n) is 16.5. The number of nitrogens with zero attached hydrogens (tertiary/aromatic N) is 5. The van der Waals surface area contributed by atoms with Crippen molar-refractivity contribution in [1.82, 2.24) is 24.8 Å². The summed E-state index contributed by atoms with van der Waals surface area (Å²) >= 11 is 0. The normalized spacial score (nSPS) is 11.1. The Kier molecular flexibility index (Phi) is 6.55. The van der Waals surface area contributed by atoms with Crippen LogP contribution in [0, 0.1) is 0 Å². The quantitative estimate of drug-likeness (QED) is 0.777. The maximum Gasteiger partial charge on any atom is 0.410 e. The second-order valence-electron chi connectivity index (χ2n) is 7.12. The molecule has 1 aromatic heterocycles. The van der Waals surface area contributed by atoms with Gasteiger partial charge < -0.3 is 14.5 Å². The number of benzene rings is 1. The van der Waals surface area contributed by atoms with Gasteiger partial charge in [-0.3, -0.25) is 4.79 Å². The van der Waals surface area contributed by atoms with Gasteiger partial charge in [-0.25, -0.2) is 4.79 Å². The second-order valence-corrected chi connectivity index (χ2v) is 7.12. The van der Waals surface area contributed by atoms with Crippen LogP contribution in [0.2, 0.25) is 0 Å². The highest BCUT2D eigenvalue weighted by molar-refractivity contribution is 5.97. The number of para-hydroxylation sites is 1. The van der Waals surface area contributed by atoms with E-state index in [9.17, 15) is 9.59 Å². The van der Waals surface area contributed by atoms with E-state index in [-0.39, 0.29) is 5.91 Å². The van der Waals surface area contributed by atoms with Gasteiger partial charge in [0.1, 0.15) is 5.60 Å². The van der Waals surface area contributed by atoms with Gasteiger partial charge in [0.05, 0.1) is 23.6 Å². The van der Waals surface area contributed by atoms with E-state index in [2.05, 4.69) is 10.2 Å². The average Bonchev–Trinajstić information content (AvgIpc) is 3.14. The number of likely N-dealkylation sites (N-methyl/N-ethyl adjacent to an activating group) is 2. The van der Waals surface area contributed by atoms with Crippen LogP contribution in [-0.4, -0.2) is 69.1 Å². The zero-order valence-corrected chi connectivity index (χ0v) is 16.5. The Balaban J connectivity index is 2.08. The lowest BCUT2D eigenvalue weighted by Gasteiger charge is -2.27. The summed E-state index contributed by atoms with van der Waals surface area (Å²) in [6.45, 7) is 8.65. The molecule has 0 aliphatic heterocycles. The Morgan fingerprint density at radius 1 is 1.11 bits per heavy atom. The Morgan fingerprint density at radius 3 is 2.33 bits per heavy atom. The highest BCUT2D eigenvalue weighted by Crippen LogP contribution is 2.15. The molecule has 0 saturated carbocycles. The number of hydrogen-bond donors (Lipinski definition) is 0. The topological polar surface area (TPSA) is 80.6 Å². The average molecular weight is 373 g/mol. The molecule has 27 heavy (non-hydrogen) atoms. The van der Waals surface area contributed by atoms with Gasteiger partial charge in [-0.1, -0.05) is 12.1 Å². The third-order valence-corrected chi connectivity index (χ3v) is 3.85. The number of ether oxygens (including phenoxy) is 1. The molecule has 1 heterocycles. The second kappa shape index (κ2) is 8.66. The largest absolute Gasteiger partial charge is 0.444 e. The van der Waals surface area contributed by atoms with E-state index in [0.717, 1.165) is 0 Å². The fourth-order valence-electron chi connectivity index (χ4n) is 2.44. The number of aromatic nitrogens is 3. The molecular weight excluding hydrogens is 346 g/mol. The molecule has 0 radical (unpaired) electrons. The summed E-state index contributed by atoms with van der Waals surface area (Å²) in [5.41, 5.74) is 0.573. The molecule has 0 fully saturated rings. The van der Waals surface area contributed by atoms with Crippen LogP contribution in [0.15, 0.2) is 36.7 Å². The van der Waals surface area contributed by atoms with Crippen LogP contribution in [0.3, 0.4) is 0 Å². The number of rotatable bonds is 6. The lowest BCUT2D eigenvalue weighted by atomic mass is 10.1. The predicted molar refractivity (Wildman–Crippen MR) is 102 cm³/mol. The maximum absolute atomic E-state index is 13.0. The molecule has 0 bridgehead atoms. The predicted octanol–water partition coefficient (Wildman–Crippen LogP) is 2.60. The summed E-state index contributed by atoms with van der Waals surface area (Å²) in [7, 11) is 1.66. The molecule has 146 valence electrons. The molecule has 8 heteroatoms. The molecular formula is C19H27N5O3. The highest BCUT2D eigenvalue weighted by atomic mass is 16.6. The SMILES string of the molecule is CCN(CCN(C)C(=O)OC(C)(C)C)C(=O)c1ccccc1-n1nccn1. The van der Waals surface area contributed by atoms with Crippen LogP contribution in [0.5, 0.6) is 0 Å². The van der Waals surface area contributed by atoms with Crippen molar-refractivity contribution >= 4 is 12.0 Å². The molecule has 0 N–H and O–H groups in total. The van der Waals surface area contributed by atoms with Crippen LogP contribution in [-0.2, 0) is 4.74 Å². The Morgan fingerprint density at radius 2 is 1.74 bits per heavy atom. The molecule has 0 aliphatic rings. The van der Waals surface area contributed by atoms with Crippen molar-refractivity contribution < 1.29 is 14.3 Å². The molecule has 2 aromatic rings. The van der Waals surface area contributed by atoms with E-state index in [1.165, 1.54) is 9.70 Å². The van der Waals surface area contributed by atoms with Gasteiger partial charge >= 0.3 is 6.09 Å². The lowest BCUT2D eigenvalue weighted by molar-refractivity contribution is 0.0279. The Labute approximate surface area is 159 Å². The van der Waals surface area contributed by atoms with Gasteiger partial charge in [-0.15, -0.1) is 0 Å². The highest BCUT2D eigenvalue weighted by Gasteiger charge is 2.22. The van der Waals surface area contributed by atoms with E-state index >= 15 is 0 Å². The molecule has 2 amide bonds. The molecule has 1 aromatic carbocycles. The minimum atomic E-state index is -0.554. The van der Waals surface area contributed by atoms with Crippen LogP contribution >= 0.6 is 0 Å². The molecule has 2 rings (SSSR count). The molecule has 0 spiro atoms. The fourth-order valence-corrected chi connectivity index (χ4v) is 2.44. The molecule has 0 saturated heterocycles. The van der Waals surface area contributed by atoms with Gasteiger partial charge in [0.15, 0.2) is 0 Å². The summed E-state index contributed by atoms with van der Waals surface area (Å²) in [4.78, 5) is 29.7. The summed E-state index contributed by atoms with van der Waals surface area (Å²) in [5, 5.41) is 8.22. The van der Waals surface area contributed by atoms with E-state index in [0.29, 0.717) is 30.9 Å². The van der Waals surface area contributed by atoms with Gasteiger partial charge in [0.25, 0.3) is 5.91 Å². The maximum atomic E-state index is 13.0. The lowest BCUT2D eigenvalue weighted by Crippen LogP contribution is -2.41. The van der Waals surface area contributed by atoms with Gasteiger partial charge in [0, 0.05) is 26.7 Å². The summed E-state index contributed by atoms with van der Waals surface area (Å²) in [6.07, 6.45) is 2.72. The van der Waals surface area contributed by atoms with Crippen molar-refractivity contribution in [1.29, 1.82) is 0 Å². The fraction of sp³-hybridized carbons (Fsp3) is 0.474. The van der Waals surface area contributed by atoms with E-state index in [4.69, 9.17) is 4.74 Å². The first-order valence-corrected chi connectivity index (χ1v) is 8.92. The minimum absolute atomic E-state index is 0.136. The van der Waals surface area contributed by atoms with E-state index < -0.39 is 11.7 Å². The summed E-state index contributed by atoms with van der Waals surface area (Å²) in [5.74, 6) is -0.136. The monoisotopic (exact) mass is 373 g/mol. The van der Waals surface area contributed by atoms with Crippen molar-refractivity contribution in [3.8, 4) is 5.69 Å². The Bertz CT molecular complexity index is 768. The summed E-state index contributed by atoms with van der Waals surface area (Å²) < 4.78 is 5.34. The number of carbonyl (C=O) groups is 2.